The van der Waals surface area contributed by atoms with Crippen LogP contribution >= 0.6 is 15.9 Å². The molecule has 1 amide bonds. The molecule has 0 heterocycles. The number of halogens is 2. The summed E-state index contributed by atoms with van der Waals surface area (Å²) in [5, 5.41) is 2.59. The van der Waals surface area contributed by atoms with Crippen LogP contribution in [0.4, 0.5) is 14.9 Å². The lowest BCUT2D eigenvalue weighted by atomic mass is 10.2. The second-order valence-corrected chi connectivity index (χ2v) is 5.56. The molecule has 0 radical (unpaired) electrons. The Hall–Kier alpha value is -1.10. The summed E-state index contributed by atoms with van der Waals surface area (Å²) in [5.74, 6) is -0.357. The van der Waals surface area contributed by atoms with Gasteiger partial charge in [0.2, 0.25) is 0 Å². The molecule has 1 aromatic rings. The van der Waals surface area contributed by atoms with Crippen LogP contribution < -0.4 is 5.32 Å². The minimum Gasteiger partial charge on any atom is -0.444 e. The first-order valence-electron chi connectivity index (χ1n) is 5.15. The molecule has 17 heavy (non-hydrogen) atoms. The SMILES string of the molecule is Cc1cc(F)cc(Br)c1NC(=O)OC(C)(C)C. The van der Waals surface area contributed by atoms with Crippen molar-refractivity contribution in [3.05, 3.63) is 28.0 Å². The summed E-state index contributed by atoms with van der Waals surface area (Å²) in [4.78, 5) is 11.6. The molecular formula is C12H15BrFNO2. The van der Waals surface area contributed by atoms with Crippen molar-refractivity contribution in [1.82, 2.24) is 0 Å². The van der Waals surface area contributed by atoms with Crippen molar-refractivity contribution in [3.63, 3.8) is 0 Å². The highest BCUT2D eigenvalue weighted by Gasteiger charge is 2.18. The molecular weight excluding hydrogens is 289 g/mol. The third kappa shape index (κ3) is 4.34. The van der Waals surface area contributed by atoms with E-state index in [2.05, 4.69) is 21.2 Å². The summed E-state index contributed by atoms with van der Waals surface area (Å²) >= 11 is 3.20. The summed E-state index contributed by atoms with van der Waals surface area (Å²) < 4.78 is 18.6. The Bertz CT molecular complexity index is 418. The summed E-state index contributed by atoms with van der Waals surface area (Å²) in [5.41, 5.74) is 0.577. The number of aryl methyl sites for hydroxylation is 1. The van der Waals surface area contributed by atoms with Crippen LogP contribution in [-0.2, 0) is 4.74 Å². The van der Waals surface area contributed by atoms with E-state index < -0.39 is 11.7 Å². The Morgan fingerprint density at radius 3 is 2.47 bits per heavy atom. The first-order valence-corrected chi connectivity index (χ1v) is 5.94. The molecule has 94 valence electrons. The normalized spacial score (nSPS) is 11.2. The van der Waals surface area contributed by atoms with Crippen LogP contribution in [0.1, 0.15) is 26.3 Å². The number of carbonyl (C=O) groups excluding carboxylic acids is 1. The molecule has 5 heteroatoms. The number of amides is 1. The predicted octanol–water partition coefficient (Wildman–Crippen LogP) is 4.24. The average molecular weight is 304 g/mol. The third-order valence-electron chi connectivity index (χ3n) is 1.88. The third-order valence-corrected chi connectivity index (χ3v) is 2.50. The Morgan fingerprint density at radius 1 is 1.41 bits per heavy atom. The Morgan fingerprint density at radius 2 is 2.00 bits per heavy atom. The number of hydrogen-bond donors (Lipinski definition) is 1. The summed E-state index contributed by atoms with van der Waals surface area (Å²) in [6.45, 7) is 7.04. The monoisotopic (exact) mass is 303 g/mol. The van der Waals surface area contributed by atoms with E-state index in [0.29, 0.717) is 15.7 Å². The quantitative estimate of drug-likeness (QED) is 0.842. The van der Waals surface area contributed by atoms with E-state index >= 15 is 0 Å². The van der Waals surface area contributed by atoms with E-state index in [1.165, 1.54) is 12.1 Å². The van der Waals surface area contributed by atoms with Gasteiger partial charge < -0.3 is 4.74 Å². The van der Waals surface area contributed by atoms with Crippen molar-refractivity contribution < 1.29 is 13.9 Å². The standard InChI is InChI=1S/C12H15BrFNO2/c1-7-5-8(14)6-9(13)10(7)15-11(16)17-12(2,3)4/h5-6H,1-4H3,(H,15,16). The molecule has 1 aromatic carbocycles. The molecule has 1 rings (SSSR count). The minimum atomic E-state index is -0.565. The van der Waals surface area contributed by atoms with Gasteiger partial charge in [0.25, 0.3) is 0 Å². The van der Waals surface area contributed by atoms with E-state index in [-0.39, 0.29) is 5.82 Å². The van der Waals surface area contributed by atoms with E-state index in [4.69, 9.17) is 4.74 Å². The van der Waals surface area contributed by atoms with Gasteiger partial charge >= 0.3 is 6.09 Å². The van der Waals surface area contributed by atoms with Crippen LogP contribution in [0.25, 0.3) is 0 Å². The van der Waals surface area contributed by atoms with Crippen LogP contribution in [0.5, 0.6) is 0 Å². The highest BCUT2D eigenvalue weighted by molar-refractivity contribution is 9.10. The van der Waals surface area contributed by atoms with Crippen LogP contribution in [0.2, 0.25) is 0 Å². The van der Waals surface area contributed by atoms with Gasteiger partial charge in [-0.15, -0.1) is 0 Å². The molecule has 1 N–H and O–H groups in total. The van der Waals surface area contributed by atoms with Crippen LogP contribution in [0.15, 0.2) is 16.6 Å². The first kappa shape index (κ1) is 14.0. The van der Waals surface area contributed by atoms with Crippen molar-refractivity contribution in [2.75, 3.05) is 5.32 Å². The number of hydrogen-bond acceptors (Lipinski definition) is 2. The van der Waals surface area contributed by atoms with Gasteiger partial charge in [-0.2, -0.15) is 0 Å². The van der Waals surface area contributed by atoms with Crippen LogP contribution in [-0.4, -0.2) is 11.7 Å². The average Bonchev–Trinajstić information content (AvgIpc) is 2.08. The molecule has 0 bridgehead atoms. The fourth-order valence-electron chi connectivity index (χ4n) is 1.27. The summed E-state index contributed by atoms with van der Waals surface area (Å²) in [7, 11) is 0. The predicted molar refractivity (Wildman–Crippen MR) is 68.7 cm³/mol. The topological polar surface area (TPSA) is 38.3 Å². The van der Waals surface area contributed by atoms with Gasteiger partial charge in [-0.1, -0.05) is 0 Å². The minimum absolute atomic E-state index is 0.357. The highest BCUT2D eigenvalue weighted by Crippen LogP contribution is 2.27. The number of anilines is 1. The molecule has 0 aliphatic heterocycles. The smallest absolute Gasteiger partial charge is 0.412 e. The van der Waals surface area contributed by atoms with Crippen molar-refractivity contribution in [3.8, 4) is 0 Å². The largest absolute Gasteiger partial charge is 0.444 e. The van der Waals surface area contributed by atoms with Crippen molar-refractivity contribution >= 4 is 27.7 Å². The van der Waals surface area contributed by atoms with Gasteiger partial charge in [0.15, 0.2) is 0 Å². The molecule has 0 aliphatic carbocycles. The number of rotatable bonds is 1. The number of nitrogens with one attached hydrogen (secondary N) is 1. The maximum absolute atomic E-state index is 13.0. The van der Waals surface area contributed by atoms with Gasteiger partial charge in [-0.05, 0) is 61.3 Å². The second-order valence-electron chi connectivity index (χ2n) is 4.71. The zero-order valence-electron chi connectivity index (χ0n) is 10.2. The maximum Gasteiger partial charge on any atom is 0.412 e. The zero-order chi connectivity index (χ0) is 13.2. The first-order chi connectivity index (χ1) is 7.69. The highest BCUT2D eigenvalue weighted by atomic mass is 79.9. The molecule has 0 fully saturated rings. The van der Waals surface area contributed by atoms with Crippen molar-refractivity contribution in [2.45, 2.75) is 33.3 Å². The number of benzene rings is 1. The van der Waals surface area contributed by atoms with Crippen molar-refractivity contribution in [2.24, 2.45) is 0 Å². The van der Waals surface area contributed by atoms with Gasteiger partial charge in [0.05, 0.1) is 5.69 Å². The molecule has 0 saturated carbocycles. The van der Waals surface area contributed by atoms with E-state index in [1.54, 1.807) is 27.7 Å². The molecule has 0 aliphatic rings. The zero-order valence-corrected chi connectivity index (χ0v) is 11.8. The molecule has 0 aromatic heterocycles. The van der Waals surface area contributed by atoms with Gasteiger partial charge in [-0.25, -0.2) is 9.18 Å². The molecule has 0 spiro atoms. The van der Waals surface area contributed by atoms with Crippen LogP contribution in [0.3, 0.4) is 0 Å². The Balaban J connectivity index is 2.86. The van der Waals surface area contributed by atoms with E-state index in [9.17, 15) is 9.18 Å². The molecule has 0 atom stereocenters. The second kappa shape index (κ2) is 5.04. The van der Waals surface area contributed by atoms with E-state index in [0.717, 1.165) is 0 Å². The lowest BCUT2D eigenvalue weighted by Gasteiger charge is -2.20. The summed E-state index contributed by atoms with van der Waals surface area (Å²) in [6.07, 6.45) is -0.562. The van der Waals surface area contributed by atoms with Gasteiger partial charge in [0.1, 0.15) is 11.4 Å². The Kier molecular flexibility index (Phi) is 4.14. The molecule has 3 nitrogen and oxygen atoms in total. The number of carbonyl (C=O) groups is 1. The van der Waals surface area contributed by atoms with Gasteiger partial charge in [0, 0.05) is 4.47 Å². The lowest BCUT2D eigenvalue weighted by molar-refractivity contribution is 0.0635. The maximum atomic E-state index is 13.0. The molecule has 0 unspecified atom stereocenters. The fourth-order valence-corrected chi connectivity index (χ4v) is 1.90. The fraction of sp³-hybridized carbons (Fsp3) is 0.417. The van der Waals surface area contributed by atoms with Gasteiger partial charge in [-0.3, -0.25) is 5.32 Å². The van der Waals surface area contributed by atoms with Crippen molar-refractivity contribution in [1.29, 1.82) is 0 Å². The summed E-state index contributed by atoms with van der Waals surface area (Å²) in [6, 6.07) is 2.64. The Labute approximate surface area is 108 Å². The molecule has 0 saturated heterocycles. The lowest BCUT2D eigenvalue weighted by Crippen LogP contribution is -2.27. The van der Waals surface area contributed by atoms with Crippen LogP contribution in [0, 0.1) is 12.7 Å². The number of ether oxygens (including phenoxy) is 1. The van der Waals surface area contributed by atoms with E-state index in [1.807, 2.05) is 0 Å².